The van der Waals surface area contributed by atoms with Gasteiger partial charge in [-0.1, -0.05) is 24.3 Å². The quantitative estimate of drug-likeness (QED) is 0.477. The molecule has 0 atom stereocenters. The molecule has 3 rings (SSSR count). The molecule has 0 aromatic heterocycles. The van der Waals surface area contributed by atoms with E-state index in [0.717, 1.165) is 5.56 Å². The van der Waals surface area contributed by atoms with Gasteiger partial charge in [0.2, 0.25) is 0 Å². The van der Waals surface area contributed by atoms with Crippen molar-refractivity contribution in [2.24, 2.45) is 0 Å². The zero-order chi connectivity index (χ0) is 21.7. The van der Waals surface area contributed by atoms with E-state index in [1.807, 2.05) is 32.0 Å². The van der Waals surface area contributed by atoms with Gasteiger partial charge in [-0.25, -0.2) is 8.42 Å². The average Bonchev–Trinajstić information content (AvgIpc) is 2.72. The van der Waals surface area contributed by atoms with Crippen molar-refractivity contribution in [3.05, 3.63) is 82.3 Å². The molecule has 0 saturated heterocycles. The third-order valence-corrected chi connectivity index (χ3v) is 6.28. The van der Waals surface area contributed by atoms with E-state index in [4.69, 9.17) is 4.74 Å². The lowest BCUT2D eigenvalue weighted by molar-refractivity contribution is 0.102. The molecule has 0 aliphatic carbocycles. The minimum absolute atomic E-state index is 0.00931. The van der Waals surface area contributed by atoms with Gasteiger partial charge in [0.1, 0.15) is 5.75 Å². The molecule has 6 nitrogen and oxygen atoms in total. The molecule has 8 heteroatoms. The van der Waals surface area contributed by atoms with Gasteiger partial charge in [-0.3, -0.25) is 9.52 Å². The van der Waals surface area contributed by atoms with Crippen LogP contribution in [-0.2, 0) is 10.0 Å². The molecule has 3 aromatic rings. The zero-order valence-electron chi connectivity index (χ0n) is 16.5. The lowest BCUT2D eigenvalue weighted by Gasteiger charge is -2.12. The Morgan fingerprint density at radius 1 is 1.03 bits per heavy atom. The molecule has 1 amide bonds. The molecular formula is C22H21BrN2O4S. The number of para-hydroxylation sites is 1. The van der Waals surface area contributed by atoms with E-state index in [0.29, 0.717) is 28.2 Å². The Balaban J connectivity index is 1.81. The van der Waals surface area contributed by atoms with Gasteiger partial charge in [-0.05, 0) is 77.8 Å². The first-order valence-electron chi connectivity index (χ1n) is 9.22. The fraction of sp³-hybridized carbons (Fsp3) is 0.136. The van der Waals surface area contributed by atoms with Crippen LogP contribution in [0, 0.1) is 6.92 Å². The van der Waals surface area contributed by atoms with E-state index in [9.17, 15) is 13.2 Å². The number of ether oxygens (including phenoxy) is 1. The summed E-state index contributed by atoms with van der Waals surface area (Å²) in [4.78, 5) is 12.6. The van der Waals surface area contributed by atoms with Crippen LogP contribution in [-0.4, -0.2) is 20.9 Å². The molecular weight excluding hydrogens is 468 g/mol. The van der Waals surface area contributed by atoms with Crippen molar-refractivity contribution in [2.75, 3.05) is 16.6 Å². The van der Waals surface area contributed by atoms with Gasteiger partial charge in [0.15, 0.2) is 0 Å². The number of sulfonamides is 1. The summed E-state index contributed by atoms with van der Waals surface area (Å²) < 4.78 is 34.2. The Kier molecular flexibility index (Phi) is 6.79. The molecule has 2 N–H and O–H groups in total. The minimum atomic E-state index is -3.88. The first-order valence-corrected chi connectivity index (χ1v) is 11.5. The molecule has 0 unspecified atom stereocenters. The molecule has 0 spiro atoms. The number of carbonyl (C=O) groups is 1. The number of rotatable bonds is 7. The number of hydrogen-bond acceptors (Lipinski definition) is 4. The smallest absolute Gasteiger partial charge is 0.261 e. The highest BCUT2D eigenvalue weighted by atomic mass is 79.9. The highest BCUT2D eigenvalue weighted by molar-refractivity contribution is 9.10. The van der Waals surface area contributed by atoms with Crippen LogP contribution in [0.1, 0.15) is 22.8 Å². The van der Waals surface area contributed by atoms with Gasteiger partial charge in [0.25, 0.3) is 15.9 Å². The van der Waals surface area contributed by atoms with Gasteiger partial charge >= 0.3 is 0 Å². The van der Waals surface area contributed by atoms with Crippen LogP contribution in [0.3, 0.4) is 0 Å². The van der Waals surface area contributed by atoms with Crippen molar-refractivity contribution in [3.63, 3.8) is 0 Å². The topological polar surface area (TPSA) is 84.5 Å². The predicted octanol–water partition coefficient (Wildman–Crippen LogP) is 5.21. The van der Waals surface area contributed by atoms with E-state index in [1.54, 1.807) is 30.3 Å². The van der Waals surface area contributed by atoms with Crippen LogP contribution < -0.4 is 14.8 Å². The third kappa shape index (κ3) is 5.20. The number of carbonyl (C=O) groups excluding carboxylic acids is 1. The summed E-state index contributed by atoms with van der Waals surface area (Å²) in [6.07, 6.45) is 0. The van der Waals surface area contributed by atoms with Gasteiger partial charge in [0, 0.05) is 11.3 Å². The molecule has 0 aliphatic rings. The van der Waals surface area contributed by atoms with E-state index >= 15 is 0 Å². The molecule has 156 valence electrons. The molecule has 0 bridgehead atoms. The Hall–Kier alpha value is -2.84. The van der Waals surface area contributed by atoms with Crippen molar-refractivity contribution >= 4 is 43.2 Å². The summed E-state index contributed by atoms with van der Waals surface area (Å²) in [6.45, 7) is 4.25. The summed E-state index contributed by atoms with van der Waals surface area (Å²) in [6, 6.07) is 18.2. The number of halogens is 1. The van der Waals surface area contributed by atoms with Crippen LogP contribution >= 0.6 is 15.9 Å². The molecule has 0 aliphatic heterocycles. The molecule has 0 saturated carbocycles. The summed E-state index contributed by atoms with van der Waals surface area (Å²) in [5.41, 5.74) is 2.21. The van der Waals surface area contributed by atoms with E-state index in [2.05, 4.69) is 26.0 Å². The molecule has 0 fully saturated rings. The van der Waals surface area contributed by atoms with E-state index < -0.39 is 10.0 Å². The normalized spacial score (nSPS) is 11.0. The summed E-state index contributed by atoms with van der Waals surface area (Å²) >= 11 is 3.37. The zero-order valence-corrected chi connectivity index (χ0v) is 18.9. The van der Waals surface area contributed by atoms with Gasteiger partial charge in [-0.15, -0.1) is 0 Å². The number of anilines is 2. The largest absolute Gasteiger partial charge is 0.493 e. The first kappa shape index (κ1) is 21.9. The van der Waals surface area contributed by atoms with Crippen LogP contribution in [0.15, 0.2) is 76.1 Å². The monoisotopic (exact) mass is 488 g/mol. The second-order valence-electron chi connectivity index (χ2n) is 6.48. The van der Waals surface area contributed by atoms with Crippen molar-refractivity contribution in [2.45, 2.75) is 18.7 Å². The molecule has 0 radical (unpaired) electrons. The number of nitrogens with one attached hydrogen (secondary N) is 2. The van der Waals surface area contributed by atoms with Crippen molar-refractivity contribution in [3.8, 4) is 5.75 Å². The van der Waals surface area contributed by atoms with E-state index in [-0.39, 0.29) is 16.4 Å². The maximum absolute atomic E-state index is 12.8. The lowest BCUT2D eigenvalue weighted by atomic mass is 10.1. The summed E-state index contributed by atoms with van der Waals surface area (Å²) in [7, 11) is -3.88. The second-order valence-corrected chi connectivity index (χ2v) is 9.02. The third-order valence-electron chi connectivity index (χ3n) is 4.28. The second kappa shape index (κ2) is 9.32. The Morgan fingerprint density at radius 2 is 1.80 bits per heavy atom. The Bertz CT molecular complexity index is 1180. The Morgan fingerprint density at radius 3 is 2.50 bits per heavy atom. The predicted molar refractivity (Wildman–Crippen MR) is 122 cm³/mol. The van der Waals surface area contributed by atoms with Crippen LogP contribution in [0.25, 0.3) is 0 Å². The highest BCUT2D eigenvalue weighted by Gasteiger charge is 2.17. The first-order chi connectivity index (χ1) is 14.3. The molecule has 0 heterocycles. The van der Waals surface area contributed by atoms with Crippen molar-refractivity contribution in [1.82, 2.24) is 0 Å². The van der Waals surface area contributed by atoms with Crippen molar-refractivity contribution < 1.29 is 17.9 Å². The van der Waals surface area contributed by atoms with Crippen LogP contribution in [0.5, 0.6) is 5.75 Å². The van der Waals surface area contributed by atoms with Gasteiger partial charge < -0.3 is 10.1 Å². The standard InChI is InChI=1S/C22H21BrN2O4S/c1-3-29-21-12-11-17(14-19(21)23)25-30(27,28)18-9-6-8-16(13-18)22(26)24-20-10-5-4-7-15(20)2/h4-14,25H,3H2,1-2H3,(H,24,26). The number of amides is 1. The van der Waals surface area contributed by atoms with Gasteiger partial charge in [-0.2, -0.15) is 0 Å². The summed E-state index contributed by atoms with van der Waals surface area (Å²) in [5, 5.41) is 2.81. The minimum Gasteiger partial charge on any atom is -0.493 e. The highest BCUT2D eigenvalue weighted by Crippen LogP contribution is 2.29. The summed E-state index contributed by atoms with van der Waals surface area (Å²) in [5.74, 6) is 0.237. The average molecular weight is 489 g/mol. The van der Waals surface area contributed by atoms with Crippen LogP contribution in [0.2, 0.25) is 0 Å². The van der Waals surface area contributed by atoms with Gasteiger partial charge in [0.05, 0.1) is 21.7 Å². The number of benzene rings is 3. The number of hydrogen-bond donors (Lipinski definition) is 2. The fourth-order valence-electron chi connectivity index (χ4n) is 2.76. The lowest BCUT2D eigenvalue weighted by Crippen LogP contribution is -2.16. The maximum atomic E-state index is 12.8. The molecule has 3 aromatic carbocycles. The van der Waals surface area contributed by atoms with E-state index in [1.165, 1.54) is 18.2 Å². The fourth-order valence-corrected chi connectivity index (χ4v) is 4.35. The van der Waals surface area contributed by atoms with Crippen molar-refractivity contribution in [1.29, 1.82) is 0 Å². The molecule has 30 heavy (non-hydrogen) atoms. The van der Waals surface area contributed by atoms with Crippen LogP contribution in [0.4, 0.5) is 11.4 Å². The maximum Gasteiger partial charge on any atom is 0.261 e. The Labute approximate surface area is 184 Å². The number of aryl methyl sites for hydroxylation is 1. The SMILES string of the molecule is CCOc1ccc(NS(=O)(=O)c2cccc(C(=O)Nc3ccccc3C)c2)cc1Br.